The van der Waals surface area contributed by atoms with Crippen LogP contribution in [-0.2, 0) is 0 Å². The zero-order valence-corrected chi connectivity index (χ0v) is 14.8. The van der Waals surface area contributed by atoms with Crippen LogP contribution in [0, 0.1) is 17.0 Å². The van der Waals surface area contributed by atoms with Crippen molar-refractivity contribution in [1.29, 1.82) is 0 Å². The van der Waals surface area contributed by atoms with Crippen LogP contribution in [0.3, 0.4) is 0 Å². The second-order valence-electron chi connectivity index (χ2n) is 5.52. The van der Waals surface area contributed by atoms with E-state index in [2.05, 4.69) is 5.32 Å². The number of fused-ring (bicyclic) bond motifs is 1. The number of nitro groups is 1. The number of aryl methyl sites for hydroxylation is 1. The number of nitro benzene ring substituents is 1. The lowest BCUT2D eigenvalue weighted by molar-refractivity contribution is -0.384. The number of ether oxygens (including phenoxy) is 1. The maximum absolute atomic E-state index is 12.6. The predicted octanol–water partition coefficient (Wildman–Crippen LogP) is 4.95. The molecule has 0 spiro atoms. The first kappa shape index (κ1) is 17.8. The zero-order valence-electron chi connectivity index (χ0n) is 14.0. The van der Waals surface area contributed by atoms with Crippen molar-refractivity contribution < 1.29 is 18.9 Å². The molecular weight excluding hydrogens is 360 g/mol. The van der Waals surface area contributed by atoms with Gasteiger partial charge in [0.25, 0.3) is 11.6 Å². The zero-order chi connectivity index (χ0) is 18.8. The summed E-state index contributed by atoms with van der Waals surface area (Å²) in [4.78, 5) is 23.3. The lowest BCUT2D eigenvalue weighted by atomic mass is 10.1. The molecule has 8 heteroatoms. The first-order valence-electron chi connectivity index (χ1n) is 7.82. The number of halogens is 1. The molecule has 1 heterocycles. The minimum atomic E-state index is -0.581. The number of benzene rings is 2. The van der Waals surface area contributed by atoms with Gasteiger partial charge in [0.1, 0.15) is 17.0 Å². The first-order chi connectivity index (χ1) is 12.4. The van der Waals surface area contributed by atoms with Crippen molar-refractivity contribution in [3.8, 4) is 5.75 Å². The van der Waals surface area contributed by atoms with Gasteiger partial charge in [-0.3, -0.25) is 14.9 Å². The molecule has 0 aliphatic heterocycles. The molecule has 0 atom stereocenters. The number of hydrogen-bond donors (Lipinski definition) is 1. The standard InChI is InChI=1S/C18H15ClN2O5/c1-3-25-12-5-6-14(15(9-12)21(23)24)20-18(22)17-10(2)13-8-11(19)4-7-16(13)26-17/h4-9H,3H2,1-2H3,(H,20,22). The number of nitrogens with one attached hydrogen (secondary N) is 1. The molecule has 0 fully saturated rings. The van der Waals surface area contributed by atoms with Gasteiger partial charge in [-0.25, -0.2) is 0 Å². The number of anilines is 1. The average molecular weight is 375 g/mol. The molecule has 134 valence electrons. The Balaban J connectivity index is 1.95. The molecule has 3 rings (SSSR count). The monoisotopic (exact) mass is 374 g/mol. The van der Waals surface area contributed by atoms with Crippen molar-refractivity contribution in [2.24, 2.45) is 0 Å². The van der Waals surface area contributed by atoms with Gasteiger partial charge in [0.2, 0.25) is 0 Å². The lowest BCUT2D eigenvalue weighted by Crippen LogP contribution is -2.13. The maximum Gasteiger partial charge on any atom is 0.296 e. The molecule has 1 amide bonds. The molecule has 0 aliphatic rings. The summed E-state index contributed by atoms with van der Waals surface area (Å²) in [5, 5.41) is 15.1. The lowest BCUT2D eigenvalue weighted by Gasteiger charge is -2.07. The Labute approximate surface area is 153 Å². The van der Waals surface area contributed by atoms with E-state index in [9.17, 15) is 14.9 Å². The van der Waals surface area contributed by atoms with Gasteiger partial charge in [-0.05, 0) is 44.2 Å². The van der Waals surface area contributed by atoms with E-state index in [-0.39, 0.29) is 17.1 Å². The van der Waals surface area contributed by atoms with Gasteiger partial charge in [0, 0.05) is 16.0 Å². The summed E-state index contributed by atoms with van der Waals surface area (Å²) in [6.45, 7) is 3.88. The van der Waals surface area contributed by atoms with Gasteiger partial charge < -0.3 is 14.5 Å². The Morgan fingerprint density at radius 3 is 2.77 bits per heavy atom. The van der Waals surface area contributed by atoms with Crippen LogP contribution in [0.4, 0.5) is 11.4 Å². The molecule has 1 N–H and O–H groups in total. The third kappa shape index (κ3) is 3.34. The van der Waals surface area contributed by atoms with Gasteiger partial charge >= 0.3 is 0 Å². The van der Waals surface area contributed by atoms with Crippen LogP contribution in [0.15, 0.2) is 40.8 Å². The van der Waals surface area contributed by atoms with Gasteiger partial charge in [-0.1, -0.05) is 11.6 Å². The first-order valence-corrected chi connectivity index (χ1v) is 8.19. The molecule has 26 heavy (non-hydrogen) atoms. The van der Waals surface area contributed by atoms with Crippen LogP contribution in [0.2, 0.25) is 5.02 Å². The smallest absolute Gasteiger partial charge is 0.296 e. The van der Waals surface area contributed by atoms with E-state index >= 15 is 0 Å². The number of nitrogens with zero attached hydrogens (tertiary/aromatic N) is 1. The van der Waals surface area contributed by atoms with Crippen LogP contribution in [0.1, 0.15) is 23.0 Å². The highest BCUT2D eigenvalue weighted by molar-refractivity contribution is 6.31. The Bertz CT molecular complexity index is 1010. The van der Waals surface area contributed by atoms with E-state index in [1.54, 1.807) is 38.1 Å². The molecule has 1 aromatic heterocycles. The van der Waals surface area contributed by atoms with Crippen LogP contribution < -0.4 is 10.1 Å². The quantitative estimate of drug-likeness (QED) is 0.503. The number of hydrogen-bond acceptors (Lipinski definition) is 5. The highest BCUT2D eigenvalue weighted by Gasteiger charge is 2.22. The minimum absolute atomic E-state index is 0.0568. The fourth-order valence-electron chi connectivity index (χ4n) is 2.61. The fraction of sp³-hybridized carbons (Fsp3) is 0.167. The van der Waals surface area contributed by atoms with E-state index in [1.165, 1.54) is 12.1 Å². The summed E-state index contributed by atoms with van der Waals surface area (Å²) < 4.78 is 10.8. The van der Waals surface area contributed by atoms with Gasteiger partial charge in [-0.2, -0.15) is 0 Å². The van der Waals surface area contributed by atoms with Crippen molar-refractivity contribution in [3.05, 3.63) is 62.9 Å². The molecule has 0 aliphatic carbocycles. The van der Waals surface area contributed by atoms with Crippen molar-refractivity contribution in [1.82, 2.24) is 0 Å². The van der Waals surface area contributed by atoms with Crippen molar-refractivity contribution in [2.45, 2.75) is 13.8 Å². The minimum Gasteiger partial charge on any atom is -0.494 e. The number of amides is 1. The molecule has 0 saturated carbocycles. The average Bonchev–Trinajstić information content (AvgIpc) is 2.93. The summed E-state index contributed by atoms with van der Waals surface area (Å²) in [6.07, 6.45) is 0. The van der Waals surface area contributed by atoms with Crippen molar-refractivity contribution in [2.75, 3.05) is 11.9 Å². The molecule has 0 unspecified atom stereocenters. The van der Waals surface area contributed by atoms with Crippen molar-refractivity contribution in [3.63, 3.8) is 0 Å². The Morgan fingerprint density at radius 2 is 2.08 bits per heavy atom. The second-order valence-corrected chi connectivity index (χ2v) is 5.96. The highest BCUT2D eigenvalue weighted by atomic mass is 35.5. The molecule has 0 saturated heterocycles. The summed E-state index contributed by atoms with van der Waals surface area (Å²) in [5.74, 6) is -0.153. The highest BCUT2D eigenvalue weighted by Crippen LogP contribution is 2.32. The van der Waals surface area contributed by atoms with Crippen molar-refractivity contribution >= 4 is 39.9 Å². The molecule has 7 nitrogen and oxygen atoms in total. The number of furan rings is 1. The molecular formula is C18H15ClN2O5. The second kappa shape index (κ2) is 7.05. The SMILES string of the molecule is CCOc1ccc(NC(=O)c2oc3ccc(Cl)cc3c2C)c([N+](=O)[O-])c1. The molecule has 0 bridgehead atoms. The third-order valence-corrected chi connectivity index (χ3v) is 4.06. The van der Waals surface area contributed by atoms with E-state index < -0.39 is 10.8 Å². The predicted molar refractivity (Wildman–Crippen MR) is 98.2 cm³/mol. The van der Waals surface area contributed by atoms with Crippen LogP contribution in [0.5, 0.6) is 5.75 Å². The maximum atomic E-state index is 12.6. The molecule has 3 aromatic rings. The largest absolute Gasteiger partial charge is 0.494 e. The van der Waals surface area contributed by atoms with Crippen LogP contribution >= 0.6 is 11.6 Å². The van der Waals surface area contributed by atoms with Crippen LogP contribution in [-0.4, -0.2) is 17.4 Å². The van der Waals surface area contributed by atoms with Gasteiger partial charge in [0.05, 0.1) is 17.6 Å². The number of carbonyl (C=O) groups is 1. The summed E-state index contributed by atoms with van der Waals surface area (Å²) in [5.41, 5.74) is 0.911. The fourth-order valence-corrected chi connectivity index (χ4v) is 2.79. The number of carbonyl (C=O) groups excluding carboxylic acids is 1. The Kier molecular flexibility index (Phi) is 4.81. The van der Waals surface area contributed by atoms with E-state index in [4.69, 9.17) is 20.8 Å². The molecule has 2 aromatic carbocycles. The van der Waals surface area contributed by atoms with E-state index in [1.807, 2.05) is 0 Å². The number of rotatable bonds is 5. The third-order valence-electron chi connectivity index (χ3n) is 3.83. The van der Waals surface area contributed by atoms with E-state index in [0.29, 0.717) is 33.9 Å². The van der Waals surface area contributed by atoms with Crippen LogP contribution in [0.25, 0.3) is 11.0 Å². The molecule has 0 radical (unpaired) electrons. The summed E-state index contributed by atoms with van der Waals surface area (Å²) >= 11 is 5.98. The Hall–Kier alpha value is -3.06. The van der Waals surface area contributed by atoms with E-state index in [0.717, 1.165) is 0 Å². The normalized spacial score (nSPS) is 10.7. The Morgan fingerprint density at radius 1 is 1.31 bits per heavy atom. The topological polar surface area (TPSA) is 94.6 Å². The van der Waals surface area contributed by atoms with Gasteiger partial charge in [0.15, 0.2) is 5.76 Å². The van der Waals surface area contributed by atoms with Gasteiger partial charge in [-0.15, -0.1) is 0 Å². The summed E-state index contributed by atoms with van der Waals surface area (Å²) in [6, 6.07) is 9.27. The summed E-state index contributed by atoms with van der Waals surface area (Å²) in [7, 11) is 0.